The zero-order valence-corrected chi connectivity index (χ0v) is 10.9. The Labute approximate surface area is 103 Å². The van der Waals surface area contributed by atoms with Crippen LogP contribution in [0.4, 0.5) is 11.4 Å². The first kappa shape index (κ1) is 13.4. The quantitative estimate of drug-likeness (QED) is 0.701. The molecular formula is C13H21N3O. The summed E-state index contributed by atoms with van der Waals surface area (Å²) in [5, 5.41) is 6.10. The van der Waals surface area contributed by atoms with E-state index in [0.717, 1.165) is 5.69 Å². The molecule has 1 aromatic carbocycles. The van der Waals surface area contributed by atoms with E-state index in [1.165, 1.54) is 0 Å². The molecule has 0 bridgehead atoms. The number of anilines is 2. The van der Waals surface area contributed by atoms with Crippen molar-refractivity contribution in [3.8, 4) is 0 Å². The molecule has 0 fully saturated rings. The Morgan fingerprint density at radius 1 is 1.18 bits per heavy atom. The lowest BCUT2D eigenvalue weighted by Gasteiger charge is -2.16. The second kappa shape index (κ2) is 5.57. The van der Waals surface area contributed by atoms with Gasteiger partial charge in [0.25, 0.3) is 5.91 Å². The predicted octanol–water partition coefficient (Wildman–Crippen LogP) is 2.23. The number of rotatable bonds is 4. The molecule has 0 radical (unpaired) electrons. The van der Waals surface area contributed by atoms with Crippen molar-refractivity contribution in [3.63, 3.8) is 0 Å². The number of carbonyl (C=O) groups excluding carboxylic acids is 1. The number of amides is 1. The van der Waals surface area contributed by atoms with Gasteiger partial charge in [-0.25, -0.2) is 0 Å². The molecule has 0 saturated heterocycles. The van der Waals surface area contributed by atoms with Crippen LogP contribution >= 0.6 is 0 Å². The predicted molar refractivity (Wildman–Crippen MR) is 72.2 cm³/mol. The van der Waals surface area contributed by atoms with Gasteiger partial charge in [0.05, 0.1) is 5.56 Å². The molecule has 0 aliphatic rings. The highest BCUT2D eigenvalue weighted by atomic mass is 16.1. The number of nitrogens with one attached hydrogen (secondary N) is 2. The molecule has 1 aromatic rings. The highest BCUT2D eigenvalue weighted by molar-refractivity contribution is 6.00. The van der Waals surface area contributed by atoms with Crippen LogP contribution in [0, 0.1) is 0 Å². The van der Waals surface area contributed by atoms with Crippen LogP contribution in [0.1, 0.15) is 38.1 Å². The minimum absolute atomic E-state index is 0.101. The number of hydrogen-bond donors (Lipinski definition) is 3. The lowest BCUT2D eigenvalue weighted by molar-refractivity contribution is 0.0944. The van der Waals surface area contributed by atoms with Gasteiger partial charge in [-0.15, -0.1) is 0 Å². The van der Waals surface area contributed by atoms with E-state index in [1.807, 2.05) is 33.8 Å². The van der Waals surface area contributed by atoms with Crippen molar-refractivity contribution < 1.29 is 4.79 Å². The largest absolute Gasteiger partial charge is 0.399 e. The van der Waals surface area contributed by atoms with Crippen molar-refractivity contribution in [3.05, 3.63) is 23.8 Å². The number of carbonyl (C=O) groups is 1. The second-order valence-corrected chi connectivity index (χ2v) is 4.73. The van der Waals surface area contributed by atoms with Gasteiger partial charge in [0.2, 0.25) is 0 Å². The van der Waals surface area contributed by atoms with Gasteiger partial charge in [0.1, 0.15) is 0 Å². The molecule has 4 nitrogen and oxygen atoms in total. The zero-order chi connectivity index (χ0) is 13.0. The van der Waals surface area contributed by atoms with Crippen LogP contribution in [0.15, 0.2) is 18.2 Å². The fourth-order valence-electron chi connectivity index (χ4n) is 1.53. The van der Waals surface area contributed by atoms with Gasteiger partial charge in [-0.3, -0.25) is 4.79 Å². The van der Waals surface area contributed by atoms with Crippen LogP contribution < -0.4 is 16.4 Å². The summed E-state index contributed by atoms with van der Waals surface area (Å²) in [6.07, 6.45) is 0. The van der Waals surface area contributed by atoms with E-state index in [0.29, 0.717) is 11.3 Å². The fraction of sp³-hybridized carbons (Fsp3) is 0.462. The fourth-order valence-corrected chi connectivity index (χ4v) is 1.53. The SMILES string of the molecule is CC(C)NC(=O)c1cc(N)ccc1NC(C)C. The molecule has 0 heterocycles. The van der Waals surface area contributed by atoms with Crippen LogP contribution in [0.25, 0.3) is 0 Å². The third-order valence-corrected chi connectivity index (χ3v) is 2.15. The van der Waals surface area contributed by atoms with Gasteiger partial charge in [-0.1, -0.05) is 0 Å². The molecule has 0 aromatic heterocycles. The smallest absolute Gasteiger partial charge is 0.253 e. The van der Waals surface area contributed by atoms with E-state index < -0.39 is 0 Å². The maximum absolute atomic E-state index is 12.0. The van der Waals surface area contributed by atoms with E-state index in [2.05, 4.69) is 10.6 Å². The van der Waals surface area contributed by atoms with E-state index in [9.17, 15) is 4.79 Å². The first-order valence-corrected chi connectivity index (χ1v) is 5.87. The summed E-state index contributed by atoms with van der Waals surface area (Å²) in [4.78, 5) is 12.0. The molecule has 0 unspecified atom stereocenters. The lowest BCUT2D eigenvalue weighted by Crippen LogP contribution is -2.31. The van der Waals surface area contributed by atoms with Crippen molar-refractivity contribution in [2.24, 2.45) is 0 Å². The molecule has 1 rings (SSSR count). The van der Waals surface area contributed by atoms with Gasteiger partial charge in [-0.2, -0.15) is 0 Å². The molecule has 0 atom stereocenters. The second-order valence-electron chi connectivity index (χ2n) is 4.73. The normalized spacial score (nSPS) is 10.7. The average molecular weight is 235 g/mol. The highest BCUT2D eigenvalue weighted by Crippen LogP contribution is 2.19. The van der Waals surface area contributed by atoms with Crippen molar-refractivity contribution >= 4 is 17.3 Å². The third-order valence-electron chi connectivity index (χ3n) is 2.15. The molecule has 4 N–H and O–H groups in total. The number of nitrogens with two attached hydrogens (primary N) is 1. The molecule has 0 aliphatic carbocycles. The molecule has 1 amide bonds. The van der Waals surface area contributed by atoms with Crippen LogP contribution in [0.5, 0.6) is 0 Å². The number of nitrogen functional groups attached to an aromatic ring is 1. The van der Waals surface area contributed by atoms with Crippen molar-refractivity contribution in [1.29, 1.82) is 0 Å². The summed E-state index contributed by atoms with van der Waals surface area (Å²) >= 11 is 0. The summed E-state index contributed by atoms with van der Waals surface area (Å²) in [6.45, 7) is 7.92. The Bertz CT molecular complexity index is 400. The van der Waals surface area contributed by atoms with E-state index in [4.69, 9.17) is 5.73 Å². The topological polar surface area (TPSA) is 67.2 Å². The molecule has 0 saturated carbocycles. The maximum Gasteiger partial charge on any atom is 0.253 e. The van der Waals surface area contributed by atoms with Crippen LogP contribution in [-0.4, -0.2) is 18.0 Å². The standard InChI is InChI=1S/C13H21N3O/c1-8(2)15-12-6-5-10(14)7-11(12)13(17)16-9(3)4/h5-9,15H,14H2,1-4H3,(H,16,17). The molecule has 0 spiro atoms. The van der Waals surface area contributed by atoms with E-state index >= 15 is 0 Å². The van der Waals surface area contributed by atoms with Gasteiger partial charge in [0, 0.05) is 23.5 Å². The zero-order valence-electron chi connectivity index (χ0n) is 10.9. The molecule has 94 valence electrons. The summed E-state index contributed by atoms with van der Waals surface area (Å²) in [7, 11) is 0. The van der Waals surface area contributed by atoms with Crippen LogP contribution in [0.3, 0.4) is 0 Å². The first-order chi connectivity index (χ1) is 7.90. The summed E-state index contributed by atoms with van der Waals surface area (Å²) in [6, 6.07) is 5.70. The number of hydrogen-bond acceptors (Lipinski definition) is 3. The minimum Gasteiger partial charge on any atom is -0.399 e. The van der Waals surface area contributed by atoms with Gasteiger partial charge in [-0.05, 0) is 45.9 Å². The third kappa shape index (κ3) is 3.98. The maximum atomic E-state index is 12.0. The Balaban J connectivity index is 3.02. The van der Waals surface area contributed by atoms with Crippen molar-refractivity contribution in [1.82, 2.24) is 5.32 Å². The molecule has 0 aliphatic heterocycles. The van der Waals surface area contributed by atoms with Gasteiger partial charge in [0.15, 0.2) is 0 Å². The van der Waals surface area contributed by atoms with Crippen LogP contribution in [-0.2, 0) is 0 Å². The lowest BCUT2D eigenvalue weighted by atomic mass is 10.1. The average Bonchev–Trinajstić information content (AvgIpc) is 2.19. The monoisotopic (exact) mass is 235 g/mol. The first-order valence-electron chi connectivity index (χ1n) is 5.87. The minimum atomic E-state index is -0.101. The van der Waals surface area contributed by atoms with Gasteiger partial charge < -0.3 is 16.4 Å². The van der Waals surface area contributed by atoms with E-state index in [1.54, 1.807) is 12.1 Å². The summed E-state index contributed by atoms with van der Waals surface area (Å²) in [5.74, 6) is -0.101. The van der Waals surface area contributed by atoms with Crippen molar-refractivity contribution in [2.45, 2.75) is 39.8 Å². The Morgan fingerprint density at radius 2 is 1.82 bits per heavy atom. The van der Waals surface area contributed by atoms with Crippen molar-refractivity contribution in [2.75, 3.05) is 11.1 Å². The summed E-state index contributed by atoms with van der Waals surface area (Å²) in [5.41, 5.74) is 7.71. The molecular weight excluding hydrogens is 214 g/mol. The highest BCUT2D eigenvalue weighted by Gasteiger charge is 2.13. The Kier molecular flexibility index (Phi) is 4.37. The van der Waals surface area contributed by atoms with Gasteiger partial charge >= 0.3 is 0 Å². The number of benzene rings is 1. The molecule has 17 heavy (non-hydrogen) atoms. The molecule has 4 heteroatoms. The Morgan fingerprint density at radius 3 is 2.35 bits per heavy atom. The Hall–Kier alpha value is -1.71. The van der Waals surface area contributed by atoms with E-state index in [-0.39, 0.29) is 18.0 Å². The van der Waals surface area contributed by atoms with Crippen LogP contribution in [0.2, 0.25) is 0 Å². The summed E-state index contributed by atoms with van der Waals surface area (Å²) < 4.78 is 0.